The molecule has 0 bridgehead atoms. The average Bonchev–Trinajstić information content (AvgIpc) is 3.35. The van der Waals surface area contributed by atoms with Gasteiger partial charge in [0.2, 0.25) is 0 Å². The third-order valence-electron chi connectivity index (χ3n) is 6.29. The molecule has 0 radical (unpaired) electrons. The second kappa shape index (κ2) is 12.8. The number of anilines is 2. The third-order valence-corrected chi connectivity index (χ3v) is 7.75. The maximum absolute atomic E-state index is 12.9. The zero-order valence-corrected chi connectivity index (χ0v) is 24.3. The van der Waals surface area contributed by atoms with Crippen molar-refractivity contribution in [2.24, 2.45) is 0 Å². The number of urea groups is 1. The zero-order valence-electron chi connectivity index (χ0n) is 23.4. The maximum Gasteiger partial charge on any atom is 0.324 e. The number of nitrogens with zero attached hydrogens (tertiary/aromatic N) is 3. The fourth-order valence-corrected chi connectivity index (χ4v) is 5.03. The van der Waals surface area contributed by atoms with Crippen LogP contribution in [0.4, 0.5) is 16.3 Å². The lowest BCUT2D eigenvalue weighted by Gasteiger charge is -2.26. The number of hydrogen-bond acceptors (Lipinski definition) is 8. The molecule has 3 aromatic rings. The highest BCUT2D eigenvalue weighted by Crippen LogP contribution is 2.27. The molecular formula is C28H38N6O5S. The second-order valence-electron chi connectivity index (χ2n) is 10.4. The molecule has 2 amide bonds. The van der Waals surface area contributed by atoms with E-state index in [1.54, 1.807) is 48.0 Å². The van der Waals surface area contributed by atoms with E-state index in [2.05, 4.69) is 15.5 Å². The summed E-state index contributed by atoms with van der Waals surface area (Å²) in [7, 11) is -3.33. The first-order chi connectivity index (χ1) is 19.0. The molecule has 0 spiro atoms. The topological polar surface area (TPSA) is 131 Å². The second-order valence-corrected chi connectivity index (χ2v) is 12.1. The van der Waals surface area contributed by atoms with Crippen LogP contribution < -0.4 is 15.4 Å². The Morgan fingerprint density at radius 2 is 1.75 bits per heavy atom. The summed E-state index contributed by atoms with van der Waals surface area (Å²) < 4.78 is 38.3. The molecule has 4 rings (SSSR count). The fourth-order valence-electron chi connectivity index (χ4n) is 4.06. The van der Waals surface area contributed by atoms with Crippen molar-refractivity contribution >= 4 is 27.5 Å². The van der Waals surface area contributed by atoms with Crippen LogP contribution in [0.5, 0.6) is 5.75 Å². The number of nitrogens with one attached hydrogen (secondary N) is 3. The normalized spacial score (nSPS) is 15.8. The number of morpholine rings is 1. The molecule has 40 heavy (non-hydrogen) atoms. The first kappa shape index (κ1) is 29.5. The van der Waals surface area contributed by atoms with Gasteiger partial charge < -0.3 is 14.8 Å². The number of amides is 2. The van der Waals surface area contributed by atoms with Crippen LogP contribution in [-0.2, 0) is 24.3 Å². The van der Waals surface area contributed by atoms with Gasteiger partial charge in [0.15, 0.2) is 10.0 Å². The Balaban J connectivity index is 1.41. The molecule has 1 fully saturated rings. The summed E-state index contributed by atoms with van der Waals surface area (Å²) in [6.45, 7) is 12.8. The molecule has 1 atom stereocenters. The minimum absolute atomic E-state index is 0.173. The maximum atomic E-state index is 12.9. The Labute approximate surface area is 236 Å². The molecule has 1 saturated heterocycles. The Kier molecular flexibility index (Phi) is 9.46. The quantitative estimate of drug-likeness (QED) is 0.317. The molecule has 2 aromatic carbocycles. The van der Waals surface area contributed by atoms with Gasteiger partial charge >= 0.3 is 6.03 Å². The highest BCUT2D eigenvalue weighted by molar-refractivity contribution is 7.87. The van der Waals surface area contributed by atoms with E-state index in [9.17, 15) is 9.00 Å². The number of rotatable bonds is 10. The molecule has 0 aliphatic carbocycles. The summed E-state index contributed by atoms with van der Waals surface area (Å²) in [6, 6.07) is 15.2. The van der Waals surface area contributed by atoms with Crippen molar-refractivity contribution in [2.75, 3.05) is 56.7 Å². The van der Waals surface area contributed by atoms with Crippen LogP contribution in [0.15, 0.2) is 59.5 Å². The van der Waals surface area contributed by atoms with E-state index in [1.807, 2.05) is 39.0 Å². The third kappa shape index (κ3) is 7.81. The van der Waals surface area contributed by atoms with Gasteiger partial charge in [0.25, 0.3) is 0 Å². The highest BCUT2D eigenvalue weighted by Gasteiger charge is 2.22. The Morgan fingerprint density at radius 3 is 2.38 bits per heavy atom. The van der Waals surface area contributed by atoms with Gasteiger partial charge in [0.05, 0.1) is 36.1 Å². The van der Waals surface area contributed by atoms with Gasteiger partial charge in [-0.2, -0.15) is 5.10 Å². The molecule has 3 N–H and O–H groups in total. The lowest BCUT2D eigenvalue weighted by Crippen LogP contribution is -2.38. The van der Waals surface area contributed by atoms with E-state index in [-0.39, 0.29) is 16.9 Å². The number of carbonyl (C=O) groups excluding carboxylic acids is 1. The van der Waals surface area contributed by atoms with Gasteiger partial charge in [-0.25, -0.2) is 18.5 Å². The minimum Gasteiger partial charge on any atom is -0.492 e. The fraction of sp³-hybridized carbons (Fsp3) is 0.429. The molecule has 0 saturated carbocycles. The van der Waals surface area contributed by atoms with Crippen molar-refractivity contribution in [1.82, 2.24) is 14.7 Å². The lowest BCUT2D eigenvalue weighted by atomic mass is 9.92. The van der Waals surface area contributed by atoms with Crippen molar-refractivity contribution in [2.45, 2.75) is 38.0 Å². The number of ether oxygens (including phenoxy) is 2. The van der Waals surface area contributed by atoms with Crippen molar-refractivity contribution < 1.29 is 22.7 Å². The van der Waals surface area contributed by atoms with Gasteiger partial charge in [0, 0.05) is 36.8 Å². The standard InChI is InChI=1S/C28H38N6O5S/c1-5-39-40(29,36)24-12-8-22(9-13-24)34-26(20-25(32-34)28(2,3)4)31-27(35)30-21-6-10-23(11-7-21)38-19-16-33-14-17-37-18-15-33/h6-13,20,29H,5,14-19H2,1-4H3,(H2,30,31,35). The van der Waals surface area contributed by atoms with Gasteiger partial charge in [-0.05, 0) is 55.5 Å². The summed E-state index contributed by atoms with van der Waals surface area (Å²) in [5.41, 5.74) is 1.77. The molecule has 1 aromatic heterocycles. The summed E-state index contributed by atoms with van der Waals surface area (Å²) >= 11 is 0. The van der Waals surface area contributed by atoms with Crippen LogP contribution in [-0.4, -0.2) is 71.0 Å². The molecule has 11 nitrogen and oxygen atoms in total. The van der Waals surface area contributed by atoms with E-state index in [0.717, 1.165) is 44.3 Å². The van der Waals surface area contributed by atoms with Crippen LogP contribution in [0.1, 0.15) is 33.4 Å². The van der Waals surface area contributed by atoms with E-state index in [4.69, 9.17) is 23.5 Å². The molecule has 1 unspecified atom stereocenters. The van der Waals surface area contributed by atoms with Crippen molar-refractivity contribution in [3.8, 4) is 11.4 Å². The average molecular weight is 571 g/mol. The van der Waals surface area contributed by atoms with Crippen molar-refractivity contribution in [3.63, 3.8) is 0 Å². The smallest absolute Gasteiger partial charge is 0.324 e. The predicted octanol–water partition coefficient (Wildman–Crippen LogP) is 4.88. The predicted molar refractivity (Wildman–Crippen MR) is 155 cm³/mol. The Morgan fingerprint density at radius 1 is 1.07 bits per heavy atom. The summed E-state index contributed by atoms with van der Waals surface area (Å²) in [6.07, 6.45) is 0. The number of hydrogen-bond donors (Lipinski definition) is 3. The van der Waals surface area contributed by atoms with E-state index in [0.29, 0.717) is 23.8 Å². The zero-order chi connectivity index (χ0) is 28.8. The van der Waals surface area contributed by atoms with Crippen LogP contribution in [0.2, 0.25) is 0 Å². The van der Waals surface area contributed by atoms with Gasteiger partial charge in [-0.3, -0.25) is 14.4 Å². The van der Waals surface area contributed by atoms with Gasteiger partial charge in [0.1, 0.15) is 18.2 Å². The first-order valence-corrected chi connectivity index (χ1v) is 14.8. The van der Waals surface area contributed by atoms with E-state index < -0.39 is 16.0 Å². The Hall–Kier alpha value is -3.45. The summed E-state index contributed by atoms with van der Waals surface area (Å²) in [4.78, 5) is 15.5. The monoisotopic (exact) mass is 570 g/mol. The Bertz CT molecular complexity index is 1380. The number of carbonyl (C=O) groups is 1. The van der Waals surface area contributed by atoms with Crippen LogP contribution in [0.25, 0.3) is 5.69 Å². The van der Waals surface area contributed by atoms with E-state index >= 15 is 0 Å². The molecule has 1 aliphatic heterocycles. The van der Waals surface area contributed by atoms with Crippen molar-refractivity contribution in [3.05, 3.63) is 60.3 Å². The van der Waals surface area contributed by atoms with Crippen molar-refractivity contribution in [1.29, 1.82) is 4.78 Å². The molecule has 1 aliphatic rings. The summed E-state index contributed by atoms with van der Waals surface area (Å²) in [5.74, 6) is 1.20. The molecule has 12 heteroatoms. The minimum atomic E-state index is -3.33. The summed E-state index contributed by atoms with van der Waals surface area (Å²) in [5, 5.41) is 10.4. The van der Waals surface area contributed by atoms with Crippen LogP contribution in [0.3, 0.4) is 0 Å². The van der Waals surface area contributed by atoms with E-state index in [1.165, 1.54) is 0 Å². The van der Waals surface area contributed by atoms with Crippen LogP contribution >= 0.6 is 0 Å². The van der Waals surface area contributed by atoms with Gasteiger partial charge in [-0.1, -0.05) is 20.8 Å². The number of aromatic nitrogens is 2. The first-order valence-electron chi connectivity index (χ1n) is 13.3. The largest absolute Gasteiger partial charge is 0.492 e. The SMILES string of the molecule is CCOS(=N)(=O)c1ccc(-n2nc(C(C)(C)C)cc2NC(=O)Nc2ccc(OCCN3CCOCC3)cc2)cc1. The highest BCUT2D eigenvalue weighted by atomic mass is 32.2. The van der Waals surface area contributed by atoms with Gasteiger partial charge in [-0.15, -0.1) is 0 Å². The molecule has 2 heterocycles. The number of benzene rings is 2. The molecular weight excluding hydrogens is 532 g/mol. The molecule has 216 valence electrons. The van der Waals surface area contributed by atoms with Crippen LogP contribution in [0, 0.1) is 4.78 Å². The lowest BCUT2D eigenvalue weighted by molar-refractivity contribution is 0.0322.